The zero-order valence-corrected chi connectivity index (χ0v) is 16.3. The number of carbonyl (C=O) groups excluding carboxylic acids is 1. The minimum atomic E-state index is -0.458. The van der Waals surface area contributed by atoms with Gasteiger partial charge < -0.3 is 29.7 Å². The first-order valence-corrected chi connectivity index (χ1v) is 8.87. The summed E-state index contributed by atoms with van der Waals surface area (Å²) >= 11 is 0. The van der Waals surface area contributed by atoms with Crippen molar-refractivity contribution in [1.82, 2.24) is 15.5 Å². The molecule has 146 valence electrons. The Kier molecular flexibility index (Phi) is 9.59. The van der Waals surface area contributed by atoms with Gasteiger partial charge in [0.05, 0.1) is 19.3 Å². The van der Waals surface area contributed by atoms with E-state index in [0.717, 1.165) is 32.0 Å². The first kappa shape index (κ1) is 21.5. The van der Waals surface area contributed by atoms with Gasteiger partial charge in [0, 0.05) is 40.4 Å². The van der Waals surface area contributed by atoms with Crippen LogP contribution in [-0.4, -0.2) is 82.2 Å². The standard InChI is InChI=1S/C17H34N4O4/c1-17(2,3)25-16(22)21-12-14(13-21)20-15(18-4)19-8-6-7-9-24-11-10-23-5/h14H,6-13H2,1-5H3,(H2,18,19,20). The van der Waals surface area contributed by atoms with Crippen molar-refractivity contribution in [3.63, 3.8) is 0 Å². The highest BCUT2D eigenvalue weighted by Gasteiger charge is 2.34. The average molecular weight is 358 g/mol. The van der Waals surface area contributed by atoms with Crippen LogP contribution in [0.1, 0.15) is 33.6 Å². The molecule has 0 aliphatic carbocycles. The van der Waals surface area contributed by atoms with Gasteiger partial charge in [-0.15, -0.1) is 0 Å². The quantitative estimate of drug-likeness (QED) is 0.366. The van der Waals surface area contributed by atoms with Crippen molar-refractivity contribution in [2.45, 2.75) is 45.3 Å². The van der Waals surface area contributed by atoms with Gasteiger partial charge in [0.15, 0.2) is 5.96 Å². The molecular formula is C17H34N4O4. The van der Waals surface area contributed by atoms with Crippen molar-refractivity contribution < 1.29 is 19.0 Å². The first-order valence-electron chi connectivity index (χ1n) is 8.87. The highest BCUT2D eigenvalue weighted by molar-refractivity contribution is 5.80. The molecule has 25 heavy (non-hydrogen) atoms. The molecule has 0 bridgehead atoms. The lowest BCUT2D eigenvalue weighted by Crippen LogP contribution is -2.63. The third kappa shape index (κ3) is 9.50. The molecule has 1 fully saturated rings. The normalized spacial score (nSPS) is 15.7. The minimum Gasteiger partial charge on any atom is -0.444 e. The Bertz CT molecular complexity index is 417. The van der Waals surface area contributed by atoms with Gasteiger partial charge in [0.1, 0.15) is 5.60 Å². The number of carbonyl (C=O) groups is 1. The van der Waals surface area contributed by atoms with Crippen LogP contribution in [0, 0.1) is 0 Å². The van der Waals surface area contributed by atoms with E-state index >= 15 is 0 Å². The summed E-state index contributed by atoms with van der Waals surface area (Å²) < 4.78 is 15.7. The summed E-state index contributed by atoms with van der Waals surface area (Å²) in [5.41, 5.74) is -0.458. The van der Waals surface area contributed by atoms with Gasteiger partial charge in [-0.2, -0.15) is 0 Å². The second-order valence-corrected chi connectivity index (χ2v) is 7.04. The largest absolute Gasteiger partial charge is 0.444 e. The molecule has 0 aromatic carbocycles. The number of unbranched alkanes of at least 4 members (excludes halogenated alkanes) is 1. The third-order valence-electron chi connectivity index (χ3n) is 3.54. The van der Waals surface area contributed by atoms with Crippen molar-refractivity contribution in [2.75, 3.05) is 53.6 Å². The highest BCUT2D eigenvalue weighted by atomic mass is 16.6. The first-order chi connectivity index (χ1) is 11.9. The van der Waals surface area contributed by atoms with Gasteiger partial charge in [-0.25, -0.2) is 4.79 Å². The van der Waals surface area contributed by atoms with Gasteiger partial charge >= 0.3 is 6.09 Å². The number of hydrogen-bond donors (Lipinski definition) is 2. The fraction of sp³-hybridized carbons (Fsp3) is 0.882. The fourth-order valence-electron chi connectivity index (χ4n) is 2.21. The van der Waals surface area contributed by atoms with Gasteiger partial charge in [0.2, 0.25) is 0 Å². The molecule has 0 unspecified atom stereocenters. The van der Waals surface area contributed by atoms with Crippen LogP contribution in [0.15, 0.2) is 4.99 Å². The number of rotatable bonds is 9. The van der Waals surface area contributed by atoms with Crippen molar-refractivity contribution in [1.29, 1.82) is 0 Å². The van der Waals surface area contributed by atoms with Gasteiger partial charge in [-0.3, -0.25) is 4.99 Å². The smallest absolute Gasteiger partial charge is 0.410 e. The lowest BCUT2D eigenvalue weighted by Gasteiger charge is -2.40. The molecule has 1 heterocycles. The van der Waals surface area contributed by atoms with Gasteiger partial charge in [0.25, 0.3) is 0 Å². The molecule has 0 aromatic rings. The van der Waals surface area contributed by atoms with E-state index in [9.17, 15) is 4.79 Å². The van der Waals surface area contributed by atoms with E-state index in [1.165, 1.54) is 0 Å². The van der Waals surface area contributed by atoms with E-state index in [2.05, 4.69) is 15.6 Å². The van der Waals surface area contributed by atoms with Crippen LogP contribution in [0.4, 0.5) is 4.79 Å². The summed E-state index contributed by atoms with van der Waals surface area (Å²) in [6.07, 6.45) is 1.73. The van der Waals surface area contributed by atoms with E-state index in [1.54, 1.807) is 19.1 Å². The maximum atomic E-state index is 11.9. The predicted octanol–water partition coefficient (Wildman–Crippen LogP) is 1.21. The van der Waals surface area contributed by atoms with E-state index in [1.807, 2.05) is 20.8 Å². The molecule has 1 saturated heterocycles. The second kappa shape index (κ2) is 11.1. The molecule has 8 heteroatoms. The Morgan fingerprint density at radius 3 is 2.52 bits per heavy atom. The molecule has 1 aliphatic rings. The molecule has 2 N–H and O–H groups in total. The summed E-state index contributed by atoms with van der Waals surface area (Å²) in [5, 5.41) is 6.59. The molecule has 1 amide bonds. The van der Waals surface area contributed by atoms with Crippen molar-refractivity contribution in [3.8, 4) is 0 Å². The van der Waals surface area contributed by atoms with Crippen LogP contribution < -0.4 is 10.6 Å². The zero-order valence-electron chi connectivity index (χ0n) is 16.3. The molecule has 1 rings (SSSR count). The van der Waals surface area contributed by atoms with Crippen LogP contribution in [0.25, 0.3) is 0 Å². The summed E-state index contributed by atoms with van der Waals surface area (Å²) in [6, 6.07) is 0.205. The Morgan fingerprint density at radius 1 is 1.20 bits per heavy atom. The molecule has 8 nitrogen and oxygen atoms in total. The second-order valence-electron chi connectivity index (χ2n) is 7.04. The Hall–Kier alpha value is -1.54. The molecule has 0 aromatic heterocycles. The number of amides is 1. The summed E-state index contributed by atoms with van der Waals surface area (Å²) in [6.45, 7) is 9.71. The highest BCUT2D eigenvalue weighted by Crippen LogP contribution is 2.15. The number of ether oxygens (including phenoxy) is 3. The minimum absolute atomic E-state index is 0.205. The van der Waals surface area contributed by atoms with E-state index < -0.39 is 5.60 Å². The zero-order chi connectivity index (χ0) is 18.7. The molecule has 0 saturated carbocycles. The number of likely N-dealkylation sites (tertiary alicyclic amines) is 1. The van der Waals surface area contributed by atoms with Crippen molar-refractivity contribution >= 4 is 12.1 Å². The fourth-order valence-corrected chi connectivity index (χ4v) is 2.21. The summed E-state index contributed by atoms with van der Waals surface area (Å²) in [4.78, 5) is 17.8. The lowest BCUT2D eigenvalue weighted by molar-refractivity contribution is 0.00701. The number of methoxy groups -OCH3 is 1. The average Bonchev–Trinajstić information content (AvgIpc) is 2.48. The topological polar surface area (TPSA) is 84.4 Å². The molecule has 0 atom stereocenters. The molecule has 0 radical (unpaired) electrons. The van der Waals surface area contributed by atoms with Crippen LogP contribution in [0.3, 0.4) is 0 Å². The Balaban J connectivity index is 2.09. The summed E-state index contributed by atoms with van der Waals surface area (Å²) in [5.74, 6) is 0.758. The summed E-state index contributed by atoms with van der Waals surface area (Å²) in [7, 11) is 3.41. The van der Waals surface area contributed by atoms with Gasteiger partial charge in [-0.1, -0.05) is 0 Å². The maximum absolute atomic E-state index is 11.9. The predicted molar refractivity (Wildman–Crippen MR) is 98.0 cm³/mol. The number of nitrogens with one attached hydrogen (secondary N) is 2. The molecule has 1 aliphatic heterocycles. The van der Waals surface area contributed by atoms with Crippen molar-refractivity contribution in [3.05, 3.63) is 0 Å². The van der Waals surface area contributed by atoms with Crippen LogP contribution >= 0.6 is 0 Å². The van der Waals surface area contributed by atoms with E-state index in [4.69, 9.17) is 14.2 Å². The number of nitrogens with zero attached hydrogens (tertiary/aromatic N) is 2. The lowest BCUT2D eigenvalue weighted by atomic mass is 10.1. The Morgan fingerprint density at radius 2 is 1.92 bits per heavy atom. The maximum Gasteiger partial charge on any atom is 0.410 e. The monoisotopic (exact) mass is 358 g/mol. The van der Waals surface area contributed by atoms with Gasteiger partial charge in [-0.05, 0) is 33.6 Å². The van der Waals surface area contributed by atoms with Crippen LogP contribution in [-0.2, 0) is 14.2 Å². The van der Waals surface area contributed by atoms with Crippen LogP contribution in [0.5, 0.6) is 0 Å². The molecule has 0 spiro atoms. The Labute approximate surface area is 151 Å². The SMILES string of the molecule is CN=C(NCCCCOCCOC)NC1CN(C(=O)OC(C)(C)C)C1. The number of guanidine groups is 1. The van der Waals surface area contributed by atoms with Crippen LogP contribution in [0.2, 0.25) is 0 Å². The molecular weight excluding hydrogens is 324 g/mol. The van der Waals surface area contributed by atoms with E-state index in [-0.39, 0.29) is 12.1 Å². The van der Waals surface area contributed by atoms with E-state index in [0.29, 0.717) is 26.3 Å². The number of aliphatic imine (C=N–C) groups is 1. The van der Waals surface area contributed by atoms with Crippen molar-refractivity contribution in [2.24, 2.45) is 4.99 Å². The number of hydrogen-bond acceptors (Lipinski definition) is 5. The third-order valence-corrected chi connectivity index (χ3v) is 3.54.